The van der Waals surface area contributed by atoms with E-state index in [4.69, 9.17) is 22.1 Å². The lowest BCUT2D eigenvalue weighted by atomic mass is 10.1. The lowest BCUT2D eigenvalue weighted by molar-refractivity contribution is 0.415. The minimum absolute atomic E-state index is 0.340. The van der Waals surface area contributed by atoms with Crippen molar-refractivity contribution in [1.29, 1.82) is 0 Å². The number of rotatable bonds is 3. The number of nitrogen functional groups attached to an aromatic ring is 1. The van der Waals surface area contributed by atoms with Crippen molar-refractivity contribution in [3.63, 3.8) is 0 Å². The number of anilines is 1. The van der Waals surface area contributed by atoms with Crippen LogP contribution < -0.4 is 10.5 Å². The number of hydrogen-bond acceptors (Lipinski definition) is 3. The van der Waals surface area contributed by atoms with Crippen LogP contribution >= 0.6 is 11.6 Å². The third-order valence-corrected chi connectivity index (χ3v) is 3.13. The van der Waals surface area contributed by atoms with Crippen LogP contribution in [0.3, 0.4) is 0 Å². The van der Waals surface area contributed by atoms with Crippen molar-refractivity contribution in [2.45, 2.75) is 19.8 Å². The van der Waals surface area contributed by atoms with Gasteiger partial charge in [0, 0.05) is 5.56 Å². The van der Waals surface area contributed by atoms with E-state index in [2.05, 4.69) is 18.9 Å². The third kappa shape index (κ3) is 2.16. The van der Waals surface area contributed by atoms with Gasteiger partial charge in [-0.3, -0.25) is 0 Å². The van der Waals surface area contributed by atoms with E-state index < -0.39 is 0 Å². The molecule has 4 nitrogen and oxygen atoms in total. The predicted octanol–water partition coefficient (Wildman–Crippen LogP) is 3.24. The first kappa shape index (κ1) is 12.8. The molecule has 1 heterocycles. The highest BCUT2D eigenvalue weighted by Crippen LogP contribution is 2.29. The summed E-state index contributed by atoms with van der Waals surface area (Å²) in [4.78, 5) is 0. The zero-order valence-electron chi connectivity index (χ0n) is 10.6. The van der Waals surface area contributed by atoms with Gasteiger partial charge in [-0.1, -0.05) is 25.4 Å². The molecule has 0 unspecified atom stereocenters. The minimum Gasteiger partial charge on any atom is -0.495 e. The molecule has 0 aliphatic rings. The second-order valence-electron chi connectivity index (χ2n) is 4.37. The number of hydrogen-bond donors (Lipinski definition) is 1. The maximum atomic E-state index is 6.09. The van der Waals surface area contributed by atoms with Crippen LogP contribution in [0, 0.1) is 0 Å². The average molecular weight is 266 g/mol. The zero-order chi connectivity index (χ0) is 13.3. The number of benzene rings is 1. The zero-order valence-corrected chi connectivity index (χ0v) is 11.4. The van der Waals surface area contributed by atoms with Crippen LogP contribution in [0.5, 0.6) is 5.75 Å². The van der Waals surface area contributed by atoms with Crippen molar-refractivity contribution in [3.05, 3.63) is 35.0 Å². The van der Waals surface area contributed by atoms with Crippen LogP contribution in [0.15, 0.2) is 24.4 Å². The molecule has 18 heavy (non-hydrogen) atoms. The summed E-state index contributed by atoms with van der Waals surface area (Å²) >= 11 is 6.09. The molecule has 2 N–H and O–H groups in total. The molecule has 5 heteroatoms. The van der Waals surface area contributed by atoms with E-state index >= 15 is 0 Å². The normalized spacial score (nSPS) is 10.9. The van der Waals surface area contributed by atoms with Gasteiger partial charge < -0.3 is 10.5 Å². The maximum Gasteiger partial charge on any atom is 0.137 e. The van der Waals surface area contributed by atoms with Crippen LogP contribution in [0.25, 0.3) is 5.69 Å². The van der Waals surface area contributed by atoms with Gasteiger partial charge >= 0.3 is 0 Å². The smallest absolute Gasteiger partial charge is 0.137 e. The largest absolute Gasteiger partial charge is 0.495 e. The third-order valence-electron chi connectivity index (χ3n) is 2.84. The standard InChI is InChI=1S/C13H16ClN3O/c1-8(2)10-7-16-17(13(10)15)9-4-5-12(18-3)11(14)6-9/h4-8H,15H2,1-3H3. The van der Waals surface area contributed by atoms with Gasteiger partial charge in [0.05, 0.1) is 24.0 Å². The Kier molecular flexibility index (Phi) is 3.48. The Labute approximate surface area is 111 Å². The van der Waals surface area contributed by atoms with Gasteiger partial charge in [-0.15, -0.1) is 0 Å². The molecular weight excluding hydrogens is 250 g/mol. The van der Waals surface area contributed by atoms with Crippen LogP contribution in [-0.4, -0.2) is 16.9 Å². The van der Waals surface area contributed by atoms with E-state index in [9.17, 15) is 0 Å². The van der Waals surface area contributed by atoms with Crippen molar-refractivity contribution < 1.29 is 4.74 Å². The molecule has 0 atom stereocenters. The summed E-state index contributed by atoms with van der Waals surface area (Å²) in [6.45, 7) is 4.16. The molecule has 1 aromatic carbocycles. The van der Waals surface area contributed by atoms with Crippen molar-refractivity contribution in [2.75, 3.05) is 12.8 Å². The highest BCUT2D eigenvalue weighted by Gasteiger charge is 2.12. The summed E-state index contributed by atoms with van der Waals surface area (Å²) in [5, 5.41) is 4.83. The molecule has 96 valence electrons. The lowest BCUT2D eigenvalue weighted by Crippen LogP contribution is -2.03. The molecule has 0 radical (unpaired) electrons. The first-order chi connectivity index (χ1) is 8.54. The number of nitrogens with two attached hydrogens (primary N) is 1. The van der Waals surface area contributed by atoms with E-state index in [0.29, 0.717) is 22.5 Å². The van der Waals surface area contributed by atoms with Crippen LogP contribution in [0.1, 0.15) is 25.3 Å². The van der Waals surface area contributed by atoms with Gasteiger partial charge in [0.15, 0.2) is 0 Å². The molecule has 1 aromatic heterocycles. The topological polar surface area (TPSA) is 53.1 Å². The average Bonchev–Trinajstić information content (AvgIpc) is 2.71. The first-order valence-electron chi connectivity index (χ1n) is 5.72. The Morgan fingerprint density at radius 1 is 1.39 bits per heavy atom. The molecule has 0 fully saturated rings. The van der Waals surface area contributed by atoms with Crippen molar-refractivity contribution in [1.82, 2.24) is 9.78 Å². The number of aromatic nitrogens is 2. The number of nitrogens with zero attached hydrogens (tertiary/aromatic N) is 2. The molecule has 2 rings (SSSR count). The summed E-state index contributed by atoms with van der Waals surface area (Å²) in [5.41, 5.74) is 7.94. The van der Waals surface area contributed by atoms with E-state index in [1.165, 1.54) is 0 Å². The van der Waals surface area contributed by atoms with E-state index in [1.807, 2.05) is 6.07 Å². The predicted molar refractivity (Wildman–Crippen MR) is 73.6 cm³/mol. The Balaban J connectivity index is 2.46. The Bertz CT molecular complexity index is 563. The monoisotopic (exact) mass is 265 g/mol. The van der Waals surface area contributed by atoms with Gasteiger partial charge in [0.25, 0.3) is 0 Å². The Hall–Kier alpha value is -1.68. The molecule has 0 saturated heterocycles. The van der Waals surface area contributed by atoms with Gasteiger partial charge in [0.2, 0.25) is 0 Å². The van der Waals surface area contributed by atoms with E-state index in [-0.39, 0.29) is 0 Å². The van der Waals surface area contributed by atoms with Crippen molar-refractivity contribution in [2.24, 2.45) is 0 Å². The fourth-order valence-corrected chi connectivity index (χ4v) is 2.06. The van der Waals surface area contributed by atoms with Gasteiger partial charge in [-0.25, -0.2) is 4.68 Å². The Morgan fingerprint density at radius 2 is 2.11 bits per heavy atom. The maximum absolute atomic E-state index is 6.09. The number of methoxy groups -OCH3 is 1. The fraction of sp³-hybridized carbons (Fsp3) is 0.308. The molecule has 0 amide bonds. The first-order valence-corrected chi connectivity index (χ1v) is 6.09. The highest BCUT2D eigenvalue weighted by molar-refractivity contribution is 6.32. The highest BCUT2D eigenvalue weighted by atomic mass is 35.5. The summed E-state index contributed by atoms with van der Waals surface area (Å²) in [5.74, 6) is 1.62. The molecule has 0 aliphatic carbocycles. The van der Waals surface area contributed by atoms with Crippen LogP contribution in [-0.2, 0) is 0 Å². The quantitative estimate of drug-likeness (QED) is 0.927. The second kappa shape index (κ2) is 4.90. The van der Waals surface area contributed by atoms with E-state index in [0.717, 1.165) is 11.3 Å². The minimum atomic E-state index is 0.340. The van der Waals surface area contributed by atoms with Crippen LogP contribution in [0.2, 0.25) is 5.02 Å². The molecule has 0 spiro atoms. The van der Waals surface area contributed by atoms with Crippen molar-refractivity contribution >= 4 is 17.4 Å². The van der Waals surface area contributed by atoms with Gasteiger partial charge in [-0.2, -0.15) is 5.10 Å². The van der Waals surface area contributed by atoms with Gasteiger partial charge in [0.1, 0.15) is 11.6 Å². The molecule has 0 aliphatic heterocycles. The Morgan fingerprint density at radius 3 is 2.61 bits per heavy atom. The molecular formula is C13H16ClN3O. The van der Waals surface area contributed by atoms with Crippen molar-refractivity contribution in [3.8, 4) is 11.4 Å². The summed E-state index contributed by atoms with van der Waals surface area (Å²) in [6.07, 6.45) is 1.79. The molecule has 0 saturated carbocycles. The fourth-order valence-electron chi connectivity index (χ4n) is 1.81. The molecule has 2 aromatic rings. The number of ether oxygens (including phenoxy) is 1. The molecule has 0 bridgehead atoms. The number of halogens is 1. The second-order valence-corrected chi connectivity index (χ2v) is 4.78. The summed E-state index contributed by atoms with van der Waals surface area (Å²) in [7, 11) is 1.58. The van der Waals surface area contributed by atoms with Gasteiger partial charge in [-0.05, 0) is 24.1 Å². The summed E-state index contributed by atoms with van der Waals surface area (Å²) < 4.78 is 6.80. The SMILES string of the molecule is COc1ccc(-n2ncc(C(C)C)c2N)cc1Cl. The summed E-state index contributed by atoms with van der Waals surface area (Å²) in [6, 6.07) is 5.46. The lowest BCUT2D eigenvalue weighted by Gasteiger charge is -2.09. The van der Waals surface area contributed by atoms with E-state index in [1.54, 1.807) is 30.1 Å². The van der Waals surface area contributed by atoms with Crippen LogP contribution in [0.4, 0.5) is 5.82 Å².